The Morgan fingerprint density at radius 1 is 1.18 bits per heavy atom. The SMILES string of the molecule is CC(C)NSCc1ccc(SC(F)(F)F)cc1. The zero-order valence-corrected chi connectivity index (χ0v) is 11.2. The van der Waals surface area contributed by atoms with Crippen molar-refractivity contribution in [3.05, 3.63) is 29.8 Å². The third kappa shape index (κ3) is 6.85. The van der Waals surface area contributed by atoms with Crippen molar-refractivity contribution in [1.82, 2.24) is 4.72 Å². The lowest BCUT2D eigenvalue weighted by Crippen LogP contribution is -2.14. The van der Waals surface area contributed by atoms with E-state index in [1.807, 2.05) is 13.8 Å². The van der Waals surface area contributed by atoms with Crippen molar-refractivity contribution in [2.75, 3.05) is 0 Å². The smallest absolute Gasteiger partial charge is 0.261 e. The Labute approximate surface area is 108 Å². The zero-order valence-electron chi connectivity index (χ0n) is 9.54. The van der Waals surface area contributed by atoms with Crippen LogP contribution in [0.5, 0.6) is 0 Å². The van der Waals surface area contributed by atoms with Crippen LogP contribution in [0, 0.1) is 0 Å². The van der Waals surface area contributed by atoms with Gasteiger partial charge in [-0.15, -0.1) is 0 Å². The fraction of sp³-hybridized carbons (Fsp3) is 0.455. The fourth-order valence-corrected chi connectivity index (χ4v) is 2.39. The molecule has 0 aliphatic carbocycles. The van der Waals surface area contributed by atoms with Gasteiger partial charge in [0.05, 0.1) is 0 Å². The molecule has 17 heavy (non-hydrogen) atoms. The summed E-state index contributed by atoms with van der Waals surface area (Å²) in [4.78, 5) is 0.225. The first-order valence-electron chi connectivity index (χ1n) is 5.09. The van der Waals surface area contributed by atoms with Crippen molar-refractivity contribution in [3.8, 4) is 0 Å². The zero-order chi connectivity index (χ0) is 12.9. The number of thioether (sulfide) groups is 1. The molecule has 0 radical (unpaired) electrons. The predicted molar refractivity (Wildman–Crippen MR) is 67.9 cm³/mol. The third-order valence-corrected chi connectivity index (χ3v) is 3.57. The monoisotopic (exact) mass is 281 g/mol. The number of alkyl halides is 3. The summed E-state index contributed by atoms with van der Waals surface area (Å²) in [7, 11) is 0. The predicted octanol–water partition coefficient (Wildman–Crippen LogP) is 4.44. The van der Waals surface area contributed by atoms with Crippen molar-refractivity contribution in [1.29, 1.82) is 0 Å². The van der Waals surface area contributed by atoms with Crippen LogP contribution in [-0.2, 0) is 5.75 Å². The molecule has 0 atom stereocenters. The van der Waals surface area contributed by atoms with E-state index in [1.165, 1.54) is 12.1 Å². The molecule has 0 spiro atoms. The molecule has 0 aliphatic rings. The second-order valence-electron chi connectivity index (χ2n) is 3.75. The molecule has 6 heteroatoms. The molecule has 1 aromatic rings. The van der Waals surface area contributed by atoms with Gasteiger partial charge in [0.1, 0.15) is 0 Å². The van der Waals surface area contributed by atoms with Crippen molar-refractivity contribution >= 4 is 23.7 Å². The Hall–Kier alpha value is -0.330. The maximum atomic E-state index is 12.1. The van der Waals surface area contributed by atoms with Gasteiger partial charge in [0.15, 0.2) is 0 Å². The first-order chi connectivity index (χ1) is 7.87. The molecule has 0 unspecified atom stereocenters. The van der Waals surface area contributed by atoms with Gasteiger partial charge in [-0.25, -0.2) is 0 Å². The summed E-state index contributed by atoms with van der Waals surface area (Å²) in [5.74, 6) is 0.745. The minimum Gasteiger partial charge on any atom is -0.261 e. The fourth-order valence-electron chi connectivity index (χ4n) is 1.08. The first-order valence-corrected chi connectivity index (χ1v) is 6.89. The summed E-state index contributed by atoms with van der Waals surface area (Å²) in [6.07, 6.45) is 0. The van der Waals surface area contributed by atoms with E-state index >= 15 is 0 Å². The Morgan fingerprint density at radius 2 is 1.76 bits per heavy atom. The van der Waals surface area contributed by atoms with Gasteiger partial charge in [0, 0.05) is 16.7 Å². The van der Waals surface area contributed by atoms with Gasteiger partial charge in [-0.3, -0.25) is 4.72 Å². The lowest BCUT2D eigenvalue weighted by Gasteiger charge is -2.08. The van der Waals surface area contributed by atoms with Crippen LogP contribution in [-0.4, -0.2) is 11.6 Å². The van der Waals surface area contributed by atoms with Gasteiger partial charge >= 0.3 is 5.51 Å². The topological polar surface area (TPSA) is 12.0 Å². The number of rotatable bonds is 5. The normalized spacial score (nSPS) is 12.1. The van der Waals surface area contributed by atoms with E-state index in [1.54, 1.807) is 24.1 Å². The van der Waals surface area contributed by atoms with Crippen molar-refractivity contribution in [2.24, 2.45) is 0 Å². The standard InChI is InChI=1S/C11H14F3NS2/c1-8(2)15-16-7-9-3-5-10(6-4-9)17-11(12,13)14/h3-6,8,15H,7H2,1-2H3. The van der Waals surface area contributed by atoms with Crippen LogP contribution in [0.3, 0.4) is 0 Å². The van der Waals surface area contributed by atoms with Crippen LogP contribution in [0.4, 0.5) is 13.2 Å². The molecule has 0 saturated heterocycles. The van der Waals surface area contributed by atoms with Gasteiger partial charge in [-0.05, 0) is 43.3 Å². The molecule has 0 aliphatic heterocycles. The minimum absolute atomic E-state index is 0.0842. The number of hydrogen-bond acceptors (Lipinski definition) is 3. The third-order valence-electron chi connectivity index (χ3n) is 1.71. The first kappa shape index (κ1) is 14.7. The summed E-state index contributed by atoms with van der Waals surface area (Å²) in [6.45, 7) is 4.08. The van der Waals surface area contributed by atoms with Crippen LogP contribution in [0.25, 0.3) is 0 Å². The van der Waals surface area contributed by atoms with Crippen molar-refractivity contribution < 1.29 is 13.2 Å². The maximum Gasteiger partial charge on any atom is 0.446 e. The molecule has 0 bridgehead atoms. The number of nitrogens with one attached hydrogen (secondary N) is 1. The molecule has 0 aromatic heterocycles. The van der Waals surface area contributed by atoms with E-state index in [-0.39, 0.29) is 16.7 Å². The number of hydrogen-bond donors (Lipinski definition) is 1. The lowest BCUT2D eigenvalue weighted by atomic mass is 10.2. The molecule has 96 valence electrons. The molecule has 1 aromatic carbocycles. The molecule has 0 heterocycles. The quantitative estimate of drug-likeness (QED) is 0.633. The van der Waals surface area contributed by atoms with Crippen LogP contribution in [0.2, 0.25) is 0 Å². The maximum absolute atomic E-state index is 12.1. The van der Waals surface area contributed by atoms with Crippen LogP contribution in [0.1, 0.15) is 19.4 Å². The van der Waals surface area contributed by atoms with Gasteiger partial charge in [0.25, 0.3) is 0 Å². The highest BCUT2D eigenvalue weighted by Crippen LogP contribution is 2.36. The molecule has 0 fully saturated rings. The second kappa shape index (κ2) is 6.56. The van der Waals surface area contributed by atoms with Gasteiger partial charge in [-0.1, -0.05) is 24.1 Å². The Kier molecular flexibility index (Phi) is 5.69. The number of halogens is 3. The molecule has 1 nitrogen and oxygen atoms in total. The summed E-state index contributed by atoms with van der Waals surface area (Å²) in [5, 5.41) is 0. The summed E-state index contributed by atoms with van der Waals surface area (Å²) in [6, 6.07) is 6.85. The molecular formula is C11H14F3NS2. The van der Waals surface area contributed by atoms with Crippen LogP contribution >= 0.6 is 23.7 Å². The van der Waals surface area contributed by atoms with Gasteiger partial charge in [-0.2, -0.15) is 13.2 Å². The van der Waals surface area contributed by atoms with Gasteiger partial charge < -0.3 is 0 Å². The van der Waals surface area contributed by atoms with E-state index in [9.17, 15) is 13.2 Å². The largest absolute Gasteiger partial charge is 0.446 e. The van der Waals surface area contributed by atoms with E-state index in [0.29, 0.717) is 6.04 Å². The molecule has 0 amide bonds. The van der Waals surface area contributed by atoms with Crippen LogP contribution < -0.4 is 4.72 Å². The number of benzene rings is 1. The van der Waals surface area contributed by atoms with E-state index in [4.69, 9.17) is 0 Å². The summed E-state index contributed by atoms with van der Waals surface area (Å²) >= 11 is 1.47. The van der Waals surface area contributed by atoms with E-state index < -0.39 is 5.51 Å². The van der Waals surface area contributed by atoms with Crippen molar-refractivity contribution in [2.45, 2.75) is 36.0 Å². The Bertz CT molecular complexity index is 336. The second-order valence-corrected chi connectivity index (χ2v) is 5.70. The highest BCUT2D eigenvalue weighted by Gasteiger charge is 2.28. The molecule has 1 N–H and O–H groups in total. The lowest BCUT2D eigenvalue weighted by molar-refractivity contribution is -0.0328. The Balaban J connectivity index is 2.45. The molecule has 1 rings (SSSR count). The average Bonchev–Trinajstić information content (AvgIpc) is 2.18. The molecular weight excluding hydrogens is 267 g/mol. The van der Waals surface area contributed by atoms with E-state index in [0.717, 1.165) is 11.3 Å². The summed E-state index contributed by atoms with van der Waals surface area (Å²) < 4.78 is 39.4. The highest BCUT2D eigenvalue weighted by atomic mass is 32.2. The molecule has 0 saturated carbocycles. The van der Waals surface area contributed by atoms with Crippen LogP contribution in [0.15, 0.2) is 29.2 Å². The van der Waals surface area contributed by atoms with Gasteiger partial charge in [0.2, 0.25) is 0 Å². The highest BCUT2D eigenvalue weighted by molar-refractivity contribution is 8.00. The summed E-state index contributed by atoms with van der Waals surface area (Å²) in [5.41, 5.74) is -3.20. The van der Waals surface area contributed by atoms with E-state index in [2.05, 4.69) is 4.72 Å². The average molecular weight is 281 g/mol. The Morgan fingerprint density at radius 3 is 2.24 bits per heavy atom. The van der Waals surface area contributed by atoms with Crippen molar-refractivity contribution in [3.63, 3.8) is 0 Å². The minimum atomic E-state index is -4.21.